The summed E-state index contributed by atoms with van der Waals surface area (Å²) in [5.41, 5.74) is 6.11. The number of methoxy groups -OCH3 is 1. The number of nitrogens with two attached hydrogens (primary N) is 1. The molecule has 122 valence electrons. The number of amides is 1. The smallest absolute Gasteiger partial charge is 0.220 e. The van der Waals surface area contributed by atoms with Crippen molar-refractivity contribution in [1.82, 2.24) is 5.32 Å². The number of benzene rings is 2. The SMILES string of the molecule is COc1cc2c(OC[C@@H]3CCC(=O)N3)cccc2cc1C(N)O. The van der Waals surface area contributed by atoms with Crippen LogP contribution in [0, 0.1) is 0 Å². The molecule has 6 heteroatoms. The molecule has 4 N–H and O–H groups in total. The van der Waals surface area contributed by atoms with Crippen LogP contribution in [0.15, 0.2) is 30.3 Å². The second-order valence-corrected chi connectivity index (χ2v) is 5.63. The Balaban J connectivity index is 1.89. The summed E-state index contributed by atoms with van der Waals surface area (Å²) >= 11 is 0. The Morgan fingerprint density at radius 1 is 1.39 bits per heavy atom. The second kappa shape index (κ2) is 6.44. The van der Waals surface area contributed by atoms with Crippen molar-refractivity contribution in [3.05, 3.63) is 35.9 Å². The second-order valence-electron chi connectivity index (χ2n) is 5.63. The molecule has 0 bridgehead atoms. The molecular formula is C17H20N2O4. The maximum absolute atomic E-state index is 11.2. The van der Waals surface area contributed by atoms with Crippen LogP contribution in [0.3, 0.4) is 0 Å². The van der Waals surface area contributed by atoms with Crippen LogP contribution in [0.2, 0.25) is 0 Å². The number of hydrogen-bond donors (Lipinski definition) is 3. The first-order chi connectivity index (χ1) is 11.1. The van der Waals surface area contributed by atoms with Crippen molar-refractivity contribution < 1.29 is 19.4 Å². The van der Waals surface area contributed by atoms with Crippen molar-refractivity contribution in [3.8, 4) is 11.5 Å². The Labute approximate surface area is 134 Å². The third-order valence-electron chi connectivity index (χ3n) is 4.03. The Morgan fingerprint density at radius 2 is 2.22 bits per heavy atom. The molecule has 3 rings (SSSR count). The summed E-state index contributed by atoms with van der Waals surface area (Å²) in [4.78, 5) is 11.2. The highest BCUT2D eigenvalue weighted by atomic mass is 16.5. The van der Waals surface area contributed by atoms with Gasteiger partial charge < -0.3 is 25.6 Å². The summed E-state index contributed by atoms with van der Waals surface area (Å²) in [5, 5.41) is 14.3. The fourth-order valence-corrected chi connectivity index (χ4v) is 2.82. The van der Waals surface area contributed by atoms with Gasteiger partial charge in [-0.2, -0.15) is 0 Å². The maximum atomic E-state index is 11.2. The van der Waals surface area contributed by atoms with Gasteiger partial charge in [-0.3, -0.25) is 4.79 Å². The van der Waals surface area contributed by atoms with Crippen molar-refractivity contribution in [1.29, 1.82) is 0 Å². The molecule has 0 aromatic heterocycles. The first-order valence-electron chi connectivity index (χ1n) is 7.55. The van der Waals surface area contributed by atoms with Crippen LogP contribution in [0.5, 0.6) is 11.5 Å². The number of carbonyl (C=O) groups excluding carboxylic acids is 1. The van der Waals surface area contributed by atoms with Gasteiger partial charge in [-0.15, -0.1) is 0 Å². The van der Waals surface area contributed by atoms with E-state index < -0.39 is 6.23 Å². The lowest BCUT2D eigenvalue weighted by molar-refractivity contribution is -0.119. The molecule has 0 saturated carbocycles. The molecule has 1 amide bonds. The number of aliphatic hydroxyl groups is 1. The van der Waals surface area contributed by atoms with Gasteiger partial charge in [0.1, 0.15) is 24.3 Å². The largest absolute Gasteiger partial charge is 0.496 e. The zero-order valence-electron chi connectivity index (χ0n) is 12.9. The number of carbonyl (C=O) groups is 1. The summed E-state index contributed by atoms with van der Waals surface area (Å²) in [6, 6.07) is 9.32. The molecule has 1 aliphatic rings. The fraction of sp³-hybridized carbons (Fsp3) is 0.353. The van der Waals surface area contributed by atoms with Gasteiger partial charge in [-0.05, 0) is 30.0 Å². The third-order valence-corrected chi connectivity index (χ3v) is 4.03. The van der Waals surface area contributed by atoms with Gasteiger partial charge in [-0.25, -0.2) is 0 Å². The first-order valence-corrected chi connectivity index (χ1v) is 7.55. The molecule has 1 fully saturated rings. The van der Waals surface area contributed by atoms with E-state index in [1.54, 1.807) is 6.07 Å². The third kappa shape index (κ3) is 3.23. The zero-order chi connectivity index (χ0) is 16.4. The maximum Gasteiger partial charge on any atom is 0.220 e. The predicted octanol–water partition coefficient (Wildman–Crippen LogP) is 1.46. The highest BCUT2D eigenvalue weighted by molar-refractivity contribution is 5.90. The van der Waals surface area contributed by atoms with Gasteiger partial charge in [0.2, 0.25) is 5.91 Å². The highest BCUT2D eigenvalue weighted by Crippen LogP contribution is 2.34. The number of aliphatic hydroxyl groups excluding tert-OH is 1. The number of nitrogens with one attached hydrogen (secondary N) is 1. The van der Waals surface area contributed by atoms with Gasteiger partial charge in [-0.1, -0.05) is 12.1 Å². The lowest BCUT2D eigenvalue weighted by atomic mass is 10.0. The minimum absolute atomic E-state index is 0.0461. The number of ether oxygens (including phenoxy) is 2. The molecular weight excluding hydrogens is 296 g/mol. The van der Waals surface area contributed by atoms with Crippen LogP contribution in [0.1, 0.15) is 24.6 Å². The van der Waals surface area contributed by atoms with E-state index in [2.05, 4.69) is 5.32 Å². The Hall–Kier alpha value is -2.31. The zero-order valence-corrected chi connectivity index (χ0v) is 12.9. The normalized spacial score (nSPS) is 18.7. The van der Waals surface area contributed by atoms with E-state index >= 15 is 0 Å². The average Bonchev–Trinajstić information content (AvgIpc) is 2.96. The summed E-state index contributed by atoms with van der Waals surface area (Å²) in [7, 11) is 1.53. The lowest BCUT2D eigenvalue weighted by Gasteiger charge is -2.16. The topological polar surface area (TPSA) is 93.8 Å². The van der Waals surface area contributed by atoms with E-state index in [9.17, 15) is 9.90 Å². The predicted molar refractivity (Wildman–Crippen MR) is 86.3 cm³/mol. The van der Waals surface area contributed by atoms with E-state index in [0.717, 1.165) is 17.2 Å². The summed E-state index contributed by atoms with van der Waals surface area (Å²) in [5.74, 6) is 1.29. The summed E-state index contributed by atoms with van der Waals surface area (Å²) in [6.45, 7) is 0.425. The van der Waals surface area contributed by atoms with Gasteiger partial charge in [0.15, 0.2) is 0 Å². The molecule has 1 heterocycles. The number of hydrogen-bond acceptors (Lipinski definition) is 5. The van der Waals surface area contributed by atoms with Crippen molar-refractivity contribution in [2.45, 2.75) is 25.1 Å². The highest BCUT2D eigenvalue weighted by Gasteiger charge is 2.21. The van der Waals surface area contributed by atoms with Gasteiger partial charge in [0, 0.05) is 17.4 Å². The van der Waals surface area contributed by atoms with Crippen LogP contribution in [0.4, 0.5) is 0 Å². The molecule has 0 radical (unpaired) electrons. The Kier molecular flexibility index (Phi) is 4.36. The van der Waals surface area contributed by atoms with E-state index in [1.807, 2.05) is 24.3 Å². The Morgan fingerprint density at radius 3 is 2.87 bits per heavy atom. The van der Waals surface area contributed by atoms with Crippen molar-refractivity contribution >= 4 is 16.7 Å². The van der Waals surface area contributed by atoms with Crippen LogP contribution in [-0.2, 0) is 4.79 Å². The summed E-state index contributed by atoms with van der Waals surface area (Å²) < 4.78 is 11.2. The fourth-order valence-electron chi connectivity index (χ4n) is 2.82. The molecule has 1 unspecified atom stereocenters. The monoisotopic (exact) mass is 316 g/mol. The molecule has 0 aliphatic carbocycles. The standard InChI is InChI=1S/C17H20N2O4/c1-22-15-8-12-10(7-13(15)17(18)21)3-2-4-14(12)23-9-11-5-6-16(20)19-11/h2-4,7-8,11,17,21H,5-6,9,18H2,1H3,(H,19,20)/t11-,17?/m0/s1. The molecule has 2 atom stereocenters. The minimum Gasteiger partial charge on any atom is -0.496 e. The molecule has 23 heavy (non-hydrogen) atoms. The van der Waals surface area contributed by atoms with E-state index in [4.69, 9.17) is 15.2 Å². The van der Waals surface area contributed by atoms with Crippen LogP contribution in [0.25, 0.3) is 10.8 Å². The minimum atomic E-state index is -1.10. The van der Waals surface area contributed by atoms with Crippen molar-refractivity contribution in [2.24, 2.45) is 5.73 Å². The van der Waals surface area contributed by atoms with E-state index in [0.29, 0.717) is 30.1 Å². The molecule has 1 saturated heterocycles. The van der Waals surface area contributed by atoms with Gasteiger partial charge in [0.05, 0.1) is 13.2 Å². The Bertz CT molecular complexity index is 730. The van der Waals surface area contributed by atoms with Crippen LogP contribution < -0.4 is 20.5 Å². The summed E-state index contributed by atoms with van der Waals surface area (Å²) in [6.07, 6.45) is 0.235. The van der Waals surface area contributed by atoms with E-state index in [1.165, 1.54) is 7.11 Å². The average molecular weight is 316 g/mol. The molecule has 0 spiro atoms. The van der Waals surface area contributed by atoms with E-state index in [-0.39, 0.29) is 11.9 Å². The number of rotatable bonds is 5. The lowest BCUT2D eigenvalue weighted by Crippen LogP contribution is -2.30. The van der Waals surface area contributed by atoms with Crippen LogP contribution in [-0.4, -0.2) is 30.8 Å². The van der Waals surface area contributed by atoms with Crippen molar-refractivity contribution in [3.63, 3.8) is 0 Å². The quantitative estimate of drug-likeness (QED) is 0.726. The van der Waals surface area contributed by atoms with Gasteiger partial charge in [0.25, 0.3) is 0 Å². The molecule has 6 nitrogen and oxygen atoms in total. The van der Waals surface area contributed by atoms with Gasteiger partial charge >= 0.3 is 0 Å². The first kappa shape index (κ1) is 15.6. The molecule has 1 aliphatic heterocycles. The molecule has 2 aromatic rings. The molecule has 2 aromatic carbocycles. The van der Waals surface area contributed by atoms with Crippen molar-refractivity contribution in [2.75, 3.05) is 13.7 Å². The number of fused-ring (bicyclic) bond motifs is 1. The van der Waals surface area contributed by atoms with Crippen LogP contribution >= 0.6 is 0 Å².